The maximum absolute atomic E-state index is 12.8. The SMILES string of the molecule is COc1cc(-c2ccno2)ccc1S(=O)(=O)Nc1ccc2c(c1)OCO2. The van der Waals surface area contributed by atoms with Gasteiger partial charge in [-0.1, -0.05) is 5.16 Å². The monoisotopic (exact) mass is 374 g/mol. The summed E-state index contributed by atoms with van der Waals surface area (Å²) in [4.78, 5) is 0.000863. The Morgan fingerprint density at radius 3 is 2.69 bits per heavy atom. The molecular weight excluding hydrogens is 360 g/mol. The largest absolute Gasteiger partial charge is 0.495 e. The van der Waals surface area contributed by atoms with Gasteiger partial charge in [0.05, 0.1) is 19.0 Å². The molecule has 134 valence electrons. The number of aromatic nitrogens is 1. The first-order valence-corrected chi connectivity index (χ1v) is 9.07. The topological polar surface area (TPSA) is 99.9 Å². The zero-order valence-electron chi connectivity index (χ0n) is 13.6. The number of anilines is 1. The molecule has 3 aromatic rings. The van der Waals surface area contributed by atoms with Crippen molar-refractivity contribution in [2.75, 3.05) is 18.6 Å². The Morgan fingerprint density at radius 1 is 1.08 bits per heavy atom. The van der Waals surface area contributed by atoms with Crippen LogP contribution in [0, 0.1) is 0 Å². The molecule has 2 aromatic carbocycles. The number of ether oxygens (including phenoxy) is 3. The molecule has 0 atom stereocenters. The maximum atomic E-state index is 12.8. The molecule has 0 saturated heterocycles. The Hall–Kier alpha value is -3.20. The number of benzene rings is 2. The van der Waals surface area contributed by atoms with E-state index in [1.54, 1.807) is 36.4 Å². The van der Waals surface area contributed by atoms with Crippen molar-refractivity contribution in [1.29, 1.82) is 0 Å². The summed E-state index contributed by atoms with van der Waals surface area (Å²) in [6.07, 6.45) is 1.51. The van der Waals surface area contributed by atoms with E-state index < -0.39 is 10.0 Å². The first kappa shape index (κ1) is 16.3. The van der Waals surface area contributed by atoms with E-state index in [1.807, 2.05) is 0 Å². The molecule has 26 heavy (non-hydrogen) atoms. The molecule has 9 heteroatoms. The lowest BCUT2D eigenvalue weighted by molar-refractivity contribution is 0.174. The van der Waals surface area contributed by atoms with E-state index in [-0.39, 0.29) is 17.4 Å². The molecule has 8 nitrogen and oxygen atoms in total. The molecule has 0 saturated carbocycles. The predicted octanol–water partition coefficient (Wildman–Crippen LogP) is 2.88. The van der Waals surface area contributed by atoms with Gasteiger partial charge in [0.15, 0.2) is 17.3 Å². The van der Waals surface area contributed by atoms with Gasteiger partial charge >= 0.3 is 0 Å². The fraction of sp³-hybridized carbons (Fsp3) is 0.118. The van der Waals surface area contributed by atoms with Crippen molar-refractivity contribution in [3.05, 3.63) is 48.7 Å². The number of nitrogens with zero attached hydrogens (tertiary/aromatic N) is 1. The Labute approximate surface area is 149 Å². The predicted molar refractivity (Wildman–Crippen MR) is 91.9 cm³/mol. The minimum atomic E-state index is -3.88. The van der Waals surface area contributed by atoms with E-state index in [0.29, 0.717) is 28.5 Å². The standard InChI is InChI=1S/C17H14N2O6S/c1-22-16-8-11(13-6-7-18-25-13)2-5-17(16)26(20,21)19-12-3-4-14-15(9-12)24-10-23-14/h2-9,19H,10H2,1H3. The van der Waals surface area contributed by atoms with E-state index in [9.17, 15) is 8.42 Å². The highest BCUT2D eigenvalue weighted by Gasteiger charge is 2.22. The third-order valence-corrected chi connectivity index (χ3v) is 5.22. The van der Waals surface area contributed by atoms with Crippen molar-refractivity contribution in [1.82, 2.24) is 5.16 Å². The first-order chi connectivity index (χ1) is 12.6. The molecule has 4 rings (SSSR count). The summed E-state index contributed by atoms with van der Waals surface area (Å²) in [7, 11) is -2.47. The van der Waals surface area contributed by atoms with Crippen LogP contribution in [-0.2, 0) is 10.0 Å². The van der Waals surface area contributed by atoms with E-state index in [0.717, 1.165) is 0 Å². The van der Waals surface area contributed by atoms with Crippen LogP contribution in [0.3, 0.4) is 0 Å². The fourth-order valence-corrected chi connectivity index (χ4v) is 3.78. The lowest BCUT2D eigenvalue weighted by atomic mass is 10.1. The Balaban J connectivity index is 1.67. The third-order valence-electron chi connectivity index (χ3n) is 3.80. The van der Waals surface area contributed by atoms with Gasteiger partial charge in [0, 0.05) is 17.7 Å². The molecule has 1 aliphatic rings. The third kappa shape index (κ3) is 2.93. The Morgan fingerprint density at radius 2 is 1.92 bits per heavy atom. The van der Waals surface area contributed by atoms with Gasteiger partial charge in [0.25, 0.3) is 10.0 Å². The summed E-state index contributed by atoms with van der Waals surface area (Å²) in [6.45, 7) is 0.114. The molecule has 0 fully saturated rings. The number of hydrogen-bond donors (Lipinski definition) is 1. The van der Waals surface area contributed by atoms with Gasteiger partial charge in [-0.05, 0) is 30.3 Å². The van der Waals surface area contributed by atoms with Crippen LogP contribution in [0.4, 0.5) is 5.69 Å². The van der Waals surface area contributed by atoms with Gasteiger partial charge in [0.1, 0.15) is 10.6 Å². The van der Waals surface area contributed by atoms with Crippen molar-refractivity contribution in [3.63, 3.8) is 0 Å². The molecule has 0 spiro atoms. The summed E-state index contributed by atoms with van der Waals surface area (Å²) >= 11 is 0. The van der Waals surface area contributed by atoms with E-state index in [4.69, 9.17) is 18.7 Å². The molecular formula is C17H14N2O6S. The van der Waals surface area contributed by atoms with E-state index >= 15 is 0 Å². The van der Waals surface area contributed by atoms with E-state index in [1.165, 1.54) is 19.4 Å². The summed E-state index contributed by atoms with van der Waals surface area (Å²) in [5.41, 5.74) is 1.01. The number of hydrogen-bond acceptors (Lipinski definition) is 7. The second-order valence-electron chi connectivity index (χ2n) is 5.42. The second-order valence-corrected chi connectivity index (χ2v) is 7.07. The normalized spacial score (nSPS) is 12.8. The fourth-order valence-electron chi connectivity index (χ4n) is 2.58. The molecule has 0 aliphatic carbocycles. The summed E-state index contributed by atoms with van der Waals surface area (Å²) < 4.78 is 48.9. The van der Waals surface area contributed by atoms with Crippen LogP contribution in [0.5, 0.6) is 17.2 Å². The molecule has 1 N–H and O–H groups in total. The lowest BCUT2D eigenvalue weighted by Gasteiger charge is -2.12. The smallest absolute Gasteiger partial charge is 0.265 e. The highest BCUT2D eigenvalue weighted by Crippen LogP contribution is 2.36. The number of fused-ring (bicyclic) bond motifs is 1. The molecule has 1 aliphatic heterocycles. The molecule has 0 radical (unpaired) electrons. The van der Waals surface area contributed by atoms with Crippen LogP contribution in [0.2, 0.25) is 0 Å². The van der Waals surface area contributed by atoms with Gasteiger partial charge in [-0.15, -0.1) is 0 Å². The van der Waals surface area contributed by atoms with Crippen molar-refractivity contribution in [2.24, 2.45) is 0 Å². The van der Waals surface area contributed by atoms with Gasteiger partial charge < -0.3 is 18.7 Å². The van der Waals surface area contributed by atoms with Crippen LogP contribution in [0.1, 0.15) is 0 Å². The molecule has 2 heterocycles. The Kier molecular flexibility index (Phi) is 3.92. The molecule has 0 unspecified atom stereocenters. The highest BCUT2D eigenvalue weighted by atomic mass is 32.2. The quantitative estimate of drug-likeness (QED) is 0.733. The van der Waals surface area contributed by atoms with Crippen molar-refractivity contribution >= 4 is 15.7 Å². The van der Waals surface area contributed by atoms with E-state index in [2.05, 4.69) is 9.88 Å². The van der Waals surface area contributed by atoms with Crippen LogP contribution >= 0.6 is 0 Å². The minimum Gasteiger partial charge on any atom is -0.495 e. The molecule has 0 bridgehead atoms. The molecule has 1 aromatic heterocycles. The number of rotatable bonds is 5. The first-order valence-electron chi connectivity index (χ1n) is 7.58. The number of nitrogens with one attached hydrogen (secondary N) is 1. The van der Waals surface area contributed by atoms with Crippen LogP contribution in [0.15, 0.2) is 58.1 Å². The second kappa shape index (κ2) is 6.26. The van der Waals surface area contributed by atoms with Gasteiger partial charge in [-0.25, -0.2) is 8.42 Å². The average Bonchev–Trinajstić information content (AvgIpc) is 3.32. The Bertz CT molecular complexity index is 1050. The maximum Gasteiger partial charge on any atom is 0.265 e. The summed E-state index contributed by atoms with van der Waals surface area (Å²) in [5.74, 6) is 1.75. The number of sulfonamides is 1. The van der Waals surface area contributed by atoms with Gasteiger partial charge in [-0.2, -0.15) is 0 Å². The van der Waals surface area contributed by atoms with Crippen LogP contribution in [0.25, 0.3) is 11.3 Å². The lowest BCUT2D eigenvalue weighted by Crippen LogP contribution is -2.14. The zero-order valence-corrected chi connectivity index (χ0v) is 14.4. The number of methoxy groups -OCH3 is 1. The van der Waals surface area contributed by atoms with Crippen LogP contribution < -0.4 is 18.9 Å². The zero-order chi connectivity index (χ0) is 18.1. The molecule has 0 amide bonds. The van der Waals surface area contributed by atoms with Gasteiger partial charge in [-0.3, -0.25) is 4.72 Å². The average molecular weight is 374 g/mol. The summed E-state index contributed by atoms with van der Waals surface area (Å²) in [6, 6.07) is 11.1. The minimum absolute atomic E-state index is 0.000863. The van der Waals surface area contributed by atoms with Crippen molar-refractivity contribution in [3.8, 4) is 28.6 Å². The highest BCUT2D eigenvalue weighted by molar-refractivity contribution is 7.92. The van der Waals surface area contributed by atoms with Crippen molar-refractivity contribution in [2.45, 2.75) is 4.90 Å². The van der Waals surface area contributed by atoms with Crippen molar-refractivity contribution < 1.29 is 27.2 Å². The van der Waals surface area contributed by atoms with Crippen LogP contribution in [-0.4, -0.2) is 27.5 Å². The van der Waals surface area contributed by atoms with Gasteiger partial charge in [0.2, 0.25) is 6.79 Å². The summed E-state index contributed by atoms with van der Waals surface area (Å²) in [5, 5.41) is 3.64.